The zero-order valence-corrected chi connectivity index (χ0v) is 19.5. The number of piperazine rings is 1. The fraction of sp³-hybridized carbons (Fsp3) is 0.286. The van der Waals surface area contributed by atoms with Gasteiger partial charge in [-0.2, -0.15) is 0 Å². The molecule has 0 bridgehead atoms. The lowest BCUT2D eigenvalue weighted by molar-refractivity contribution is -0.139. The third-order valence-corrected chi connectivity index (χ3v) is 6.57. The number of hydrogen-bond donors (Lipinski definition) is 1. The molecule has 3 aromatic carbocycles. The highest BCUT2D eigenvalue weighted by Crippen LogP contribution is 2.30. The molecule has 174 valence electrons. The Balaban J connectivity index is 1.49. The third-order valence-electron chi connectivity index (χ3n) is 6.57. The number of ether oxygens (including phenoxy) is 1. The SMILES string of the molecule is CC(C)N1CCN2C(=C(OCc3ccccc3)C(=O)NC2Cc2cccc3ccccc23)C1=O. The van der Waals surface area contributed by atoms with E-state index >= 15 is 0 Å². The van der Waals surface area contributed by atoms with E-state index in [0.29, 0.717) is 25.2 Å². The van der Waals surface area contributed by atoms with Gasteiger partial charge >= 0.3 is 0 Å². The molecule has 0 spiro atoms. The molecule has 6 nitrogen and oxygen atoms in total. The van der Waals surface area contributed by atoms with Crippen LogP contribution in [0.5, 0.6) is 0 Å². The molecule has 1 N–H and O–H groups in total. The minimum Gasteiger partial charge on any atom is -0.481 e. The molecule has 0 aromatic heterocycles. The van der Waals surface area contributed by atoms with Gasteiger partial charge in [0, 0.05) is 25.6 Å². The van der Waals surface area contributed by atoms with Gasteiger partial charge in [0.25, 0.3) is 11.8 Å². The molecule has 2 aliphatic heterocycles. The Morgan fingerprint density at radius 1 is 0.941 bits per heavy atom. The molecule has 2 aliphatic rings. The quantitative estimate of drug-likeness (QED) is 0.614. The topological polar surface area (TPSA) is 61.9 Å². The minimum absolute atomic E-state index is 0.0408. The average Bonchev–Trinajstić information content (AvgIpc) is 2.85. The van der Waals surface area contributed by atoms with E-state index in [-0.39, 0.29) is 36.4 Å². The Morgan fingerprint density at radius 3 is 2.47 bits per heavy atom. The summed E-state index contributed by atoms with van der Waals surface area (Å²) in [4.78, 5) is 30.6. The summed E-state index contributed by atoms with van der Waals surface area (Å²) in [5.74, 6) is -0.387. The number of benzene rings is 3. The predicted octanol–water partition coefficient (Wildman–Crippen LogP) is 3.82. The largest absolute Gasteiger partial charge is 0.481 e. The molecule has 1 unspecified atom stereocenters. The highest BCUT2D eigenvalue weighted by Gasteiger charge is 2.43. The molecule has 5 rings (SSSR count). The van der Waals surface area contributed by atoms with Crippen LogP contribution in [-0.4, -0.2) is 46.9 Å². The molecule has 1 fully saturated rings. The summed E-state index contributed by atoms with van der Waals surface area (Å²) in [6.45, 7) is 5.45. The van der Waals surface area contributed by atoms with Crippen LogP contribution in [0.3, 0.4) is 0 Å². The zero-order valence-electron chi connectivity index (χ0n) is 19.5. The van der Waals surface area contributed by atoms with Crippen molar-refractivity contribution in [3.63, 3.8) is 0 Å². The number of carbonyl (C=O) groups is 2. The Kier molecular flexibility index (Phi) is 5.97. The maximum Gasteiger partial charge on any atom is 0.290 e. The molecule has 1 saturated heterocycles. The highest BCUT2D eigenvalue weighted by atomic mass is 16.5. The Labute approximate surface area is 199 Å². The van der Waals surface area contributed by atoms with Crippen molar-refractivity contribution in [3.05, 3.63) is 95.4 Å². The number of hydrogen-bond acceptors (Lipinski definition) is 4. The van der Waals surface area contributed by atoms with Crippen molar-refractivity contribution in [2.24, 2.45) is 0 Å². The maximum absolute atomic E-state index is 13.5. The first-order chi connectivity index (χ1) is 16.5. The van der Waals surface area contributed by atoms with Crippen molar-refractivity contribution in [2.45, 2.75) is 39.1 Å². The second-order valence-electron chi connectivity index (χ2n) is 9.07. The summed E-state index contributed by atoms with van der Waals surface area (Å²) >= 11 is 0. The predicted molar refractivity (Wildman–Crippen MR) is 131 cm³/mol. The highest BCUT2D eigenvalue weighted by molar-refractivity contribution is 6.05. The molecular weight excluding hydrogens is 426 g/mol. The lowest BCUT2D eigenvalue weighted by atomic mass is 9.98. The first-order valence-electron chi connectivity index (χ1n) is 11.8. The van der Waals surface area contributed by atoms with E-state index in [4.69, 9.17) is 4.74 Å². The molecule has 2 amide bonds. The number of fused-ring (bicyclic) bond motifs is 2. The fourth-order valence-electron chi connectivity index (χ4n) is 4.83. The van der Waals surface area contributed by atoms with Crippen molar-refractivity contribution in [1.29, 1.82) is 0 Å². The van der Waals surface area contributed by atoms with Gasteiger partial charge in [-0.05, 0) is 35.7 Å². The second kappa shape index (κ2) is 9.21. The average molecular weight is 456 g/mol. The lowest BCUT2D eigenvalue weighted by Gasteiger charge is -2.46. The molecule has 34 heavy (non-hydrogen) atoms. The number of rotatable bonds is 6. The molecule has 0 saturated carbocycles. The van der Waals surface area contributed by atoms with E-state index < -0.39 is 0 Å². The van der Waals surface area contributed by atoms with E-state index in [9.17, 15) is 9.59 Å². The van der Waals surface area contributed by atoms with Crippen LogP contribution in [0.15, 0.2) is 84.3 Å². The van der Waals surface area contributed by atoms with Crippen molar-refractivity contribution in [3.8, 4) is 0 Å². The normalized spacial score (nSPS) is 18.4. The Bertz CT molecular complexity index is 1250. The van der Waals surface area contributed by atoms with Crippen LogP contribution in [0, 0.1) is 0 Å². The van der Waals surface area contributed by atoms with Gasteiger partial charge < -0.3 is 19.9 Å². The molecule has 3 aromatic rings. The van der Waals surface area contributed by atoms with Gasteiger partial charge in [-0.1, -0.05) is 72.8 Å². The number of carbonyl (C=O) groups excluding carboxylic acids is 2. The second-order valence-corrected chi connectivity index (χ2v) is 9.07. The summed E-state index contributed by atoms with van der Waals surface area (Å²) in [6.07, 6.45) is 0.271. The maximum atomic E-state index is 13.5. The Hall–Kier alpha value is -3.80. The van der Waals surface area contributed by atoms with Crippen LogP contribution < -0.4 is 5.32 Å². The molecule has 1 atom stereocenters. The summed E-state index contributed by atoms with van der Waals surface area (Å²) < 4.78 is 6.00. The summed E-state index contributed by atoms with van der Waals surface area (Å²) in [7, 11) is 0. The van der Waals surface area contributed by atoms with Gasteiger partial charge in [0.15, 0.2) is 5.70 Å². The van der Waals surface area contributed by atoms with Gasteiger partial charge in [-0.3, -0.25) is 9.59 Å². The van der Waals surface area contributed by atoms with Crippen LogP contribution in [-0.2, 0) is 27.4 Å². The van der Waals surface area contributed by atoms with E-state index in [2.05, 4.69) is 29.6 Å². The summed E-state index contributed by atoms with van der Waals surface area (Å²) in [5.41, 5.74) is 2.44. The molecule has 2 heterocycles. The van der Waals surface area contributed by atoms with Gasteiger partial charge in [-0.15, -0.1) is 0 Å². The third kappa shape index (κ3) is 4.12. The fourth-order valence-corrected chi connectivity index (χ4v) is 4.83. The number of nitrogens with zero attached hydrogens (tertiary/aromatic N) is 2. The van der Waals surface area contributed by atoms with Crippen LogP contribution in [0.2, 0.25) is 0 Å². The molecule has 6 heteroatoms. The summed E-state index contributed by atoms with van der Waals surface area (Å²) in [5, 5.41) is 5.43. The van der Waals surface area contributed by atoms with Crippen molar-refractivity contribution in [1.82, 2.24) is 15.1 Å². The van der Waals surface area contributed by atoms with Crippen LogP contribution in [0.4, 0.5) is 0 Å². The van der Waals surface area contributed by atoms with Gasteiger partial charge in [0.05, 0.1) is 0 Å². The van der Waals surface area contributed by atoms with E-state index in [1.807, 2.05) is 72.2 Å². The summed E-state index contributed by atoms with van der Waals surface area (Å²) in [6, 6.07) is 24.2. The van der Waals surface area contributed by atoms with Crippen molar-refractivity contribution < 1.29 is 14.3 Å². The minimum atomic E-state index is -0.341. The van der Waals surface area contributed by atoms with Crippen molar-refractivity contribution >= 4 is 22.6 Å². The van der Waals surface area contributed by atoms with Gasteiger partial charge in [-0.25, -0.2) is 0 Å². The lowest BCUT2D eigenvalue weighted by Crippen LogP contribution is -2.62. The van der Waals surface area contributed by atoms with E-state index in [1.54, 1.807) is 0 Å². The molecule has 0 aliphatic carbocycles. The molecular formula is C28H29N3O3. The van der Waals surface area contributed by atoms with E-state index in [1.165, 1.54) is 0 Å². The smallest absolute Gasteiger partial charge is 0.290 e. The Morgan fingerprint density at radius 2 is 1.68 bits per heavy atom. The zero-order chi connectivity index (χ0) is 23.7. The van der Waals surface area contributed by atoms with Gasteiger partial charge in [0.1, 0.15) is 12.8 Å². The first-order valence-corrected chi connectivity index (χ1v) is 11.8. The standard InChI is InChI=1S/C28H29N3O3/c1-19(2)30-15-16-31-24(17-22-13-8-12-21-11-6-7-14-23(21)22)29-27(32)26(25(31)28(30)33)34-18-20-9-4-3-5-10-20/h3-14,19,24H,15-18H2,1-2H3,(H,29,32). The molecule has 0 radical (unpaired) electrons. The monoisotopic (exact) mass is 455 g/mol. The van der Waals surface area contributed by atoms with Crippen LogP contribution in [0.25, 0.3) is 10.8 Å². The van der Waals surface area contributed by atoms with Gasteiger partial charge in [0.2, 0.25) is 5.76 Å². The number of amides is 2. The van der Waals surface area contributed by atoms with Crippen LogP contribution in [0.1, 0.15) is 25.0 Å². The van der Waals surface area contributed by atoms with Crippen LogP contribution >= 0.6 is 0 Å². The number of nitrogens with one attached hydrogen (secondary N) is 1. The van der Waals surface area contributed by atoms with Crippen molar-refractivity contribution in [2.75, 3.05) is 13.1 Å². The van der Waals surface area contributed by atoms with E-state index in [0.717, 1.165) is 21.9 Å². The first kappa shape index (κ1) is 22.0.